The molecule has 4 aliphatic rings. The summed E-state index contributed by atoms with van der Waals surface area (Å²) in [6.07, 6.45) is 0. The summed E-state index contributed by atoms with van der Waals surface area (Å²) in [7, 11) is 2.98. The van der Waals surface area contributed by atoms with Gasteiger partial charge in [0.2, 0.25) is 12.5 Å². The van der Waals surface area contributed by atoms with E-state index in [2.05, 4.69) is 10.2 Å². The van der Waals surface area contributed by atoms with Crippen molar-refractivity contribution in [1.29, 1.82) is 0 Å². The number of carbonyl (C=O) groups is 1. The number of benzene rings is 2. The smallest absolute Gasteiger partial charge is 0.310 e. The Morgan fingerprint density at radius 1 is 0.974 bits per heavy atom. The van der Waals surface area contributed by atoms with Gasteiger partial charge in [0.05, 0.1) is 40.0 Å². The molecule has 0 amide bonds. The number of aromatic hydroxyl groups is 1. The highest BCUT2D eigenvalue weighted by molar-refractivity contribution is 5.85. The summed E-state index contributed by atoms with van der Waals surface area (Å²) in [5.74, 6) is 0.753. The van der Waals surface area contributed by atoms with E-state index in [0.29, 0.717) is 18.1 Å². The molecule has 2 aromatic rings. The fourth-order valence-electron chi connectivity index (χ4n) is 6.12. The number of phenolic OH excluding ortho intramolecular Hbond substituents is 1. The first-order valence-corrected chi connectivity index (χ1v) is 12.7. The van der Waals surface area contributed by atoms with E-state index in [1.165, 1.54) is 14.2 Å². The number of carbonyl (C=O) groups excluding carboxylic acids is 1. The zero-order chi connectivity index (χ0) is 25.5. The van der Waals surface area contributed by atoms with Gasteiger partial charge in [-0.3, -0.25) is 9.69 Å². The second kappa shape index (κ2) is 12.3. The van der Waals surface area contributed by atoms with E-state index in [0.717, 1.165) is 56.1 Å². The van der Waals surface area contributed by atoms with Crippen LogP contribution in [-0.4, -0.2) is 83.0 Å². The summed E-state index contributed by atoms with van der Waals surface area (Å²) in [6, 6.07) is 7.45. The van der Waals surface area contributed by atoms with Crippen molar-refractivity contribution < 1.29 is 38.3 Å². The average Bonchev–Trinajstić information content (AvgIpc) is 3.54. The molecule has 0 aromatic heterocycles. The molecule has 0 unspecified atom stereocenters. The first-order valence-electron chi connectivity index (χ1n) is 12.7. The Labute approximate surface area is 239 Å². The zero-order valence-electron chi connectivity index (χ0n) is 21.8. The first kappa shape index (κ1) is 29.4. The van der Waals surface area contributed by atoms with Gasteiger partial charge in [0, 0.05) is 44.1 Å². The fourth-order valence-corrected chi connectivity index (χ4v) is 6.12. The Morgan fingerprint density at radius 2 is 1.62 bits per heavy atom. The predicted molar refractivity (Wildman–Crippen MR) is 146 cm³/mol. The lowest BCUT2D eigenvalue weighted by Gasteiger charge is -2.40. The molecule has 0 saturated carbocycles. The molecule has 0 bridgehead atoms. The molecule has 0 spiro atoms. The summed E-state index contributed by atoms with van der Waals surface area (Å²) < 4.78 is 33.5. The second-order valence-corrected chi connectivity index (χ2v) is 9.79. The Morgan fingerprint density at radius 3 is 2.26 bits per heavy atom. The quantitative estimate of drug-likeness (QED) is 0.471. The number of esters is 1. The van der Waals surface area contributed by atoms with Gasteiger partial charge in [-0.05, 0) is 41.0 Å². The van der Waals surface area contributed by atoms with Crippen LogP contribution in [0.15, 0.2) is 24.3 Å². The molecular weight excluding hydrogens is 551 g/mol. The van der Waals surface area contributed by atoms with E-state index in [1.54, 1.807) is 12.1 Å². The minimum atomic E-state index is -0.423. The van der Waals surface area contributed by atoms with Crippen LogP contribution in [-0.2, 0) is 14.3 Å². The van der Waals surface area contributed by atoms with Crippen LogP contribution in [0.1, 0.15) is 28.7 Å². The second-order valence-electron chi connectivity index (χ2n) is 9.79. The van der Waals surface area contributed by atoms with Crippen molar-refractivity contribution in [3.8, 4) is 28.7 Å². The molecular formula is C27H34Cl2N2O8. The maximum absolute atomic E-state index is 13.2. The molecule has 2 fully saturated rings. The number of nitrogens with zero attached hydrogens (tertiary/aromatic N) is 1. The predicted octanol–water partition coefficient (Wildman–Crippen LogP) is 2.88. The molecule has 3 heterocycles. The molecule has 6 rings (SSSR count). The monoisotopic (exact) mass is 584 g/mol. The number of methoxy groups -OCH3 is 2. The number of ether oxygens (including phenoxy) is 6. The van der Waals surface area contributed by atoms with Gasteiger partial charge in [0.1, 0.15) is 0 Å². The lowest BCUT2D eigenvalue weighted by Crippen LogP contribution is -2.44. The maximum atomic E-state index is 13.2. The Balaban J connectivity index is 0.00000176. The van der Waals surface area contributed by atoms with Crippen LogP contribution in [0, 0.1) is 11.8 Å². The maximum Gasteiger partial charge on any atom is 0.310 e. The Kier molecular flexibility index (Phi) is 9.23. The minimum Gasteiger partial charge on any atom is -0.502 e. The standard InChI is InChI=1S/C27H32N2O8.2ClH/c1-32-21-9-15(10-22(33-2)26(21)30)23-16-11-19-20(37-14-36-19)12-17(16)25(18-13-35-27(31)24(18)23)28-3-4-29-5-7-34-8-6-29;;/h9-12,18,23-25,28,30H,3-8,13-14H2,1-2H3;2*1H/t18-,23+,24-,25+;;/m0../s1. The van der Waals surface area contributed by atoms with Crippen molar-refractivity contribution in [2.24, 2.45) is 11.8 Å². The number of halogens is 2. The molecule has 3 aliphatic heterocycles. The van der Waals surface area contributed by atoms with E-state index in [1.807, 2.05) is 12.1 Å². The van der Waals surface area contributed by atoms with E-state index in [-0.39, 0.29) is 72.7 Å². The molecule has 2 aromatic carbocycles. The number of hydrogen-bond donors (Lipinski definition) is 2. The fraction of sp³-hybridized carbons (Fsp3) is 0.519. The molecule has 214 valence electrons. The number of hydrogen-bond acceptors (Lipinski definition) is 10. The van der Waals surface area contributed by atoms with Crippen LogP contribution in [0.2, 0.25) is 0 Å². The molecule has 0 radical (unpaired) electrons. The Bertz CT molecular complexity index is 1170. The SMILES string of the molecule is COc1cc([C@@H]2c3cc4c(cc3[C@@H](NCCN3CCOCC3)[C@H]3COC(=O)[C@H]23)OCO4)cc(OC)c1O.Cl.Cl. The number of rotatable bonds is 7. The highest BCUT2D eigenvalue weighted by atomic mass is 35.5. The number of nitrogens with one attached hydrogen (secondary N) is 1. The van der Waals surface area contributed by atoms with Gasteiger partial charge < -0.3 is 38.8 Å². The number of fused-ring (bicyclic) bond motifs is 3. The van der Waals surface area contributed by atoms with Crippen LogP contribution in [0.25, 0.3) is 0 Å². The first-order chi connectivity index (χ1) is 18.1. The normalized spacial score (nSPS) is 25.0. The minimum absolute atomic E-state index is 0. The molecule has 12 heteroatoms. The lowest BCUT2D eigenvalue weighted by molar-refractivity contribution is -0.141. The van der Waals surface area contributed by atoms with Crippen LogP contribution in [0.3, 0.4) is 0 Å². The van der Waals surface area contributed by atoms with E-state index < -0.39 is 5.92 Å². The van der Waals surface area contributed by atoms with Crippen molar-refractivity contribution in [2.45, 2.75) is 12.0 Å². The Hall–Kier alpha value is -2.63. The van der Waals surface area contributed by atoms with Gasteiger partial charge in [-0.15, -0.1) is 24.8 Å². The van der Waals surface area contributed by atoms with Gasteiger partial charge in [-0.2, -0.15) is 0 Å². The van der Waals surface area contributed by atoms with Crippen molar-refractivity contribution in [2.75, 3.05) is 67.0 Å². The molecule has 2 saturated heterocycles. The third-order valence-electron chi connectivity index (χ3n) is 7.94. The van der Waals surface area contributed by atoms with Gasteiger partial charge in [-0.1, -0.05) is 0 Å². The van der Waals surface area contributed by atoms with E-state index in [9.17, 15) is 9.90 Å². The topological polar surface area (TPSA) is 108 Å². The summed E-state index contributed by atoms with van der Waals surface area (Å²) in [5.41, 5.74) is 2.82. The van der Waals surface area contributed by atoms with E-state index >= 15 is 0 Å². The molecule has 39 heavy (non-hydrogen) atoms. The zero-order valence-corrected chi connectivity index (χ0v) is 23.5. The third-order valence-corrected chi connectivity index (χ3v) is 7.94. The van der Waals surface area contributed by atoms with E-state index in [4.69, 9.17) is 28.4 Å². The highest BCUT2D eigenvalue weighted by Gasteiger charge is 2.52. The van der Waals surface area contributed by atoms with Gasteiger partial charge in [0.15, 0.2) is 23.0 Å². The van der Waals surface area contributed by atoms with Gasteiger partial charge >= 0.3 is 5.97 Å². The number of morpholine rings is 1. The lowest BCUT2D eigenvalue weighted by atomic mass is 9.65. The number of cyclic esters (lactones) is 1. The van der Waals surface area contributed by atoms with Crippen molar-refractivity contribution in [3.05, 3.63) is 41.0 Å². The van der Waals surface area contributed by atoms with Gasteiger partial charge in [-0.25, -0.2) is 0 Å². The van der Waals surface area contributed by atoms with Crippen LogP contribution in [0.4, 0.5) is 0 Å². The molecule has 2 N–H and O–H groups in total. The summed E-state index contributed by atoms with van der Waals surface area (Å²) in [5, 5.41) is 14.3. The molecule has 1 aliphatic carbocycles. The average molecular weight is 585 g/mol. The largest absolute Gasteiger partial charge is 0.502 e. The highest BCUT2D eigenvalue weighted by Crippen LogP contribution is 2.55. The van der Waals surface area contributed by atoms with Gasteiger partial charge in [0.25, 0.3) is 0 Å². The summed E-state index contributed by atoms with van der Waals surface area (Å²) >= 11 is 0. The number of phenols is 1. The molecule has 10 nitrogen and oxygen atoms in total. The van der Waals surface area contributed by atoms with Crippen molar-refractivity contribution in [3.63, 3.8) is 0 Å². The third kappa shape index (κ3) is 5.28. The van der Waals surface area contributed by atoms with Crippen LogP contribution in [0.5, 0.6) is 28.7 Å². The van der Waals surface area contributed by atoms with Crippen molar-refractivity contribution >= 4 is 30.8 Å². The summed E-state index contributed by atoms with van der Waals surface area (Å²) in [6.45, 7) is 5.49. The molecule has 4 atom stereocenters. The van der Waals surface area contributed by atoms with Crippen molar-refractivity contribution in [1.82, 2.24) is 10.2 Å². The van der Waals surface area contributed by atoms with Crippen LogP contribution >= 0.6 is 24.8 Å². The summed E-state index contributed by atoms with van der Waals surface area (Å²) in [4.78, 5) is 15.6. The van der Waals surface area contributed by atoms with Crippen LogP contribution < -0.4 is 24.3 Å².